The number of nitrogens with one attached hydrogen (secondary N) is 5. The lowest BCUT2D eigenvalue weighted by atomic mass is 10.00. The molecule has 248 valence electrons. The molecule has 0 heterocycles. The van der Waals surface area contributed by atoms with E-state index in [1.165, 1.54) is 13.8 Å². The quantitative estimate of drug-likeness (QED) is 0.0616. The minimum Gasteiger partial charge on any atom is -0.480 e. The number of carboxylic acids is 1. The number of unbranched alkanes of at least 4 members (excludes halogenated alkanes) is 1. The van der Waals surface area contributed by atoms with Gasteiger partial charge in [-0.3, -0.25) is 24.0 Å². The molecule has 0 saturated carbocycles. The van der Waals surface area contributed by atoms with Crippen molar-refractivity contribution in [3.63, 3.8) is 0 Å². The van der Waals surface area contributed by atoms with E-state index in [2.05, 4.69) is 26.6 Å². The van der Waals surface area contributed by atoms with E-state index in [9.17, 15) is 44.1 Å². The summed E-state index contributed by atoms with van der Waals surface area (Å²) < 4.78 is 0. The zero-order valence-corrected chi connectivity index (χ0v) is 25.9. The van der Waals surface area contributed by atoms with Crippen LogP contribution in [0.1, 0.15) is 67.2 Å². The van der Waals surface area contributed by atoms with Crippen molar-refractivity contribution < 1.29 is 44.1 Å². The Bertz CT molecular complexity index is 946. The van der Waals surface area contributed by atoms with Gasteiger partial charge in [0.1, 0.15) is 30.2 Å². The Morgan fingerprint density at radius 2 is 1.23 bits per heavy atom. The standard InChI is InChI=1S/C27H51N7O9/c1-13(2)11-18(27(42)43)31-25(40)20(14(3)4)33-22(37)15(5)30-24(39)19(12-35)32-26(41)21(16(6)36)34-23(38)17(29)9-7-8-10-28/h13-21,35-36H,7-12,28-29H2,1-6H3,(H,30,39)(H,31,40)(H,32,41)(H,33,37)(H,34,38)(H,42,43)/t15-,16+,17-,18-,19-,20-,21-/m0/s1. The van der Waals surface area contributed by atoms with Crippen LogP contribution in [0.3, 0.4) is 0 Å². The highest BCUT2D eigenvalue weighted by molar-refractivity contribution is 5.96. The Balaban J connectivity index is 5.33. The van der Waals surface area contributed by atoms with Gasteiger partial charge in [-0.25, -0.2) is 4.79 Å². The summed E-state index contributed by atoms with van der Waals surface area (Å²) in [5.41, 5.74) is 11.3. The molecular weight excluding hydrogens is 566 g/mol. The van der Waals surface area contributed by atoms with Crippen LogP contribution in [0.25, 0.3) is 0 Å². The summed E-state index contributed by atoms with van der Waals surface area (Å²) in [5, 5.41) is 41.0. The first-order valence-corrected chi connectivity index (χ1v) is 14.5. The number of amides is 5. The number of hydrogen-bond donors (Lipinski definition) is 10. The van der Waals surface area contributed by atoms with Crippen molar-refractivity contribution in [1.29, 1.82) is 0 Å². The largest absolute Gasteiger partial charge is 0.480 e. The predicted octanol–water partition coefficient (Wildman–Crippen LogP) is -2.95. The minimum absolute atomic E-state index is 0.0140. The summed E-state index contributed by atoms with van der Waals surface area (Å²) in [6.07, 6.45) is 0.337. The Kier molecular flexibility index (Phi) is 18.2. The maximum atomic E-state index is 12.8. The van der Waals surface area contributed by atoms with E-state index < -0.39 is 90.4 Å². The molecular formula is C27H51N7O9. The second-order valence-electron chi connectivity index (χ2n) is 11.4. The van der Waals surface area contributed by atoms with Gasteiger partial charge in [0.2, 0.25) is 29.5 Å². The van der Waals surface area contributed by atoms with Crippen LogP contribution in [0.4, 0.5) is 0 Å². The number of carboxylic acid groups (broad SMARTS) is 1. The molecule has 5 amide bonds. The van der Waals surface area contributed by atoms with E-state index in [-0.39, 0.29) is 12.3 Å². The van der Waals surface area contributed by atoms with Crippen molar-refractivity contribution in [3.05, 3.63) is 0 Å². The maximum Gasteiger partial charge on any atom is 0.326 e. The van der Waals surface area contributed by atoms with Gasteiger partial charge >= 0.3 is 5.97 Å². The highest BCUT2D eigenvalue weighted by Gasteiger charge is 2.33. The Labute approximate surface area is 252 Å². The van der Waals surface area contributed by atoms with E-state index in [4.69, 9.17) is 11.5 Å². The van der Waals surface area contributed by atoms with E-state index in [1.54, 1.807) is 27.7 Å². The van der Waals surface area contributed by atoms with Gasteiger partial charge in [0.05, 0.1) is 18.8 Å². The van der Waals surface area contributed by atoms with E-state index in [0.717, 1.165) is 0 Å². The molecule has 0 aliphatic carbocycles. The summed E-state index contributed by atoms with van der Waals surface area (Å²) in [5.74, 6) is -5.78. The number of aliphatic carboxylic acids is 1. The van der Waals surface area contributed by atoms with Crippen molar-refractivity contribution >= 4 is 35.5 Å². The number of carbonyl (C=O) groups is 6. The molecule has 0 aromatic heterocycles. The van der Waals surface area contributed by atoms with Gasteiger partial charge in [-0.2, -0.15) is 0 Å². The first-order chi connectivity index (χ1) is 20.0. The van der Waals surface area contributed by atoms with Crippen LogP contribution in [0.15, 0.2) is 0 Å². The molecule has 0 unspecified atom stereocenters. The minimum atomic E-state index is -1.56. The van der Waals surface area contributed by atoms with Crippen molar-refractivity contribution in [2.75, 3.05) is 13.2 Å². The normalized spacial score (nSPS) is 16.2. The molecule has 0 aliphatic heterocycles. The van der Waals surface area contributed by atoms with Gasteiger partial charge in [0.25, 0.3) is 0 Å². The average Bonchev–Trinajstić information content (AvgIpc) is 2.91. The molecule has 0 saturated heterocycles. The van der Waals surface area contributed by atoms with Gasteiger partial charge in [0.15, 0.2) is 0 Å². The Morgan fingerprint density at radius 3 is 1.70 bits per heavy atom. The number of hydrogen-bond acceptors (Lipinski definition) is 10. The van der Waals surface area contributed by atoms with Crippen LogP contribution < -0.4 is 38.1 Å². The third kappa shape index (κ3) is 14.6. The second-order valence-corrected chi connectivity index (χ2v) is 11.4. The molecule has 0 radical (unpaired) electrons. The molecule has 16 nitrogen and oxygen atoms in total. The number of aliphatic hydroxyl groups is 2. The van der Waals surface area contributed by atoms with Gasteiger partial charge in [0, 0.05) is 0 Å². The van der Waals surface area contributed by atoms with Crippen LogP contribution in [-0.4, -0.2) is 106 Å². The molecule has 0 spiro atoms. The molecule has 0 aromatic carbocycles. The third-order valence-electron chi connectivity index (χ3n) is 6.50. The lowest BCUT2D eigenvalue weighted by Crippen LogP contribution is -2.61. The zero-order valence-electron chi connectivity index (χ0n) is 25.9. The smallest absolute Gasteiger partial charge is 0.326 e. The fourth-order valence-electron chi connectivity index (χ4n) is 3.91. The van der Waals surface area contributed by atoms with Crippen molar-refractivity contribution in [1.82, 2.24) is 26.6 Å². The zero-order chi connectivity index (χ0) is 33.4. The van der Waals surface area contributed by atoms with Crippen LogP contribution in [0.5, 0.6) is 0 Å². The summed E-state index contributed by atoms with van der Waals surface area (Å²) in [7, 11) is 0. The molecule has 43 heavy (non-hydrogen) atoms. The molecule has 0 fully saturated rings. The number of aliphatic hydroxyl groups excluding tert-OH is 2. The lowest BCUT2D eigenvalue weighted by Gasteiger charge is -2.27. The van der Waals surface area contributed by atoms with Crippen LogP contribution in [0, 0.1) is 11.8 Å². The number of rotatable bonds is 20. The molecule has 0 rings (SSSR count). The predicted molar refractivity (Wildman–Crippen MR) is 157 cm³/mol. The monoisotopic (exact) mass is 617 g/mol. The first kappa shape index (κ1) is 39.7. The SMILES string of the molecule is CC(C)C[C@H](NC(=O)[C@@H](NC(=O)[C@H](C)NC(=O)[C@H](CO)NC(=O)[C@@H](NC(=O)[C@@H](N)CCCCN)[C@@H](C)O)C(C)C)C(=O)O. The summed E-state index contributed by atoms with van der Waals surface area (Å²) in [4.78, 5) is 75.2. The van der Waals surface area contributed by atoms with E-state index in [1.807, 2.05) is 0 Å². The molecule has 7 atom stereocenters. The van der Waals surface area contributed by atoms with Crippen molar-refractivity contribution in [3.8, 4) is 0 Å². The highest BCUT2D eigenvalue weighted by Crippen LogP contribution is 2.08. The molecule has 0 aliphatic rings. The summed E-state index contributed by atoms with van der Waals surface area (Å²) in [6, 6.07) is -7.52. The Hall–Kier alpha value is -3.34. The lowest BCUT2D eigenvalue weighted by molar-refractivity contribution is -0.143. The summed E-state index contributed by atoms with van der Waals surface area (Å²) >= 11 is 0. The van der Waals surface area contributed by atoms with Crippen LogP contribution in [-0.2, 0) is 28.8 Å². The molecule has 0 bridgehead atoms. The maximum absolute atomic E-state index is 12.8. The molecule has 12 N–H and O–H groups in total. The average molecular weight is 618 g/mol. The molecule has 16 heteroatoms. The topological polar surface area (TPSA) is 275 Å². The second kappa shape index (κ2) is 19.8. The fourth-order valence-corrected chi connectivity index (χ4v) is 3.91. The number of nitrogens with two attached hydrogens (primary N) is 2. The van der Waals surface area contributed by atoms with Crippen molar-refractivity contribution in [2.45, 2.75) is 110 Å². The van der Waals surface area contributed by atoms with Crippen molar-refractivity contribution in [2.24, 2.45) is 23.3 Å². The Morgan fingerprint density at radius 1 is 0.698 bits per heavy atom. The summed E-state index contributed by atoms with van der Waals surface area (Å²) in [6.45, 7) is 9.00. The van der Waals surface area contributed by atoms with Gasteiger partial charge in [-0.15, -0.1) is 0 Å². The van der Waals surface area contributed by atoms with Gasteiger partial charge in [-0.1, -0.05) is 34.1 Å². The van der Waals surface area contributed by atoms with Crippen LogP contribution in [0.2, 0.25) is 0 Å². The highest BCUT2D eigenvalue weighted by atomic mass is 16.4. The fraction of sp³-hybridized carbons (Fsp3) is 0.778. The van der Waals surface area contributed by atoms with Gasteiger partial charge < -0.3 is 53.4 Å². The van der Waals surface area contributed by atoms with E-state index in [0.29, 0.717) is 25.8 Å². The van der Waals surface area contributed by atoms with E-state index >= 15 is 0 Å². The number of carbonyl (C=O) groups excluding carboxylic acids is 5. The van der Waals surface area contributed by atoms with Crippen LogP contribution >= 0.6 is 0 Å². The third-order valence-corrected chi connectivity index (χ3v) is 6.50. The molecule has 0 aromatic rings. The first-order valence-electron chi connectivity index (χ1n) is 14.5. The van der Waals surface area contributed by atoms with Gasteiger partial charge in [-0.05, 0) is 51.5 Å².